The Balaban J connectivity index is 0.00000225. The summed E-state index contributed by atoms with van der Waals surface area (Å²) < 4.78 is 5.20. The number of halogens is 1. The molecule has 0 unspecified atom stereocenters. The number of piperidine rings is 1. The lowest BCUT2D eigenvalue weighted by Crippen LogP contribution is -2.49. The van der Waals surface area contributed by atoms with Crippen molar-refractivity contribution in [1.82, 2.24) is 10.6 Å². The molecule has 5 heteroatoms. The summed E-state index contributed by atoms with van der Waals surface area (Å²) in [7, 11) is 0. The van der Waals surface area contributed by atoms with Crippen LogP contribution in [0.5, 0.6) is 0 Å². The van der Waals surface area contributed by atoms with Gasteiger partial charge in [-0.05, 0) is 39.7 Å². The normalized spacial score (nSPS) is 25.5. The molecule has 0 aromatic carbocycles. The van der Waals surface area contributed by atoms with E-state index in [1.807, 2.05) is 20.8 Å². The highest BCUT2D eigenvalue weighted by molar-refractivity contribution is 5.85. The monoisotopic (exact) mass is 250 g/mol. The van der Waals surface area contributed by atoms with Crippen LogP contribution in [0.25, 0.3) is 0 Å². The van der Waals surface area contributed by atoms with Gasteiger partial charge >= 0.3 is 6.09 Å². The maximum Gasteiger partial charge on any atom is 0.407 e. The van der Waals surface area contributed by atoms with Crippen molar-refractivity contribution in [2.24, 2.45) is 5.92 Å². The fraction of sp³-hybridized carbons (Fsp3) is 0.909. The first kappa shape index (κ1) is 15.5. The number of amides is 1. The van der Waals surface area contributed by atoms with Gasteiger partial charge in [0.1, 0.15) is 5.60 Å². The second-order valence-electron chi connectivity index (χ2n) is 5.34. The molecule has 0 aromatic heterocycles. The van der Waals surface area contributed by atoms with Crippen LogP contribution in [-0.4, -0.2) is 30.8 Å². The summed E-state index contributed by atoms with van der Waals surface area (Å²) in [5, 5.41) is 6.16. The van der Waals surface area contributed by atoms with Crippen LogP contribution in [-0.2, 0) is 4.74 Å². The predicted molar refractivity (Wildman–Crippen MR) is 67.1 cm³/mol. The van der Waals surface area contributed by atoms with Gasteiger partial charge in [0.05, 0.1) is 0 Å². The molecular weight excluding hydrogens is 228 g/mol. The third kappa shape index (κ3) is 6.18. The van der Waals surface area contributed by atoms with Crippen LogP contribution in [0.3, 0.4) is 0 Å². The van der Waals surface area contributed by atoms with Crippen molar-refractivity contribution in [3.05, 3.63) is 0 Å². The summed E-state index contributed by atoms with van der Waals surface area (Å²) in [6.07, 6.45) is 0.704. The van der Waals surface area contributed by atoms with E-state index in [-0.39, 0.29) is 24.5 Å². The Labute approximate surface area is 104 Å². The highest BCUT2D eigenvalue weighted by Crippen LogP contribution is 2.11. The lowest BCUT2D eigenvalue weighted by Gasteiger charge is -2.29. The van der Waals surface area contributed by atoms with Crippen molar-refractivity contribution >= 4 is 18.5 Å². The van der Waals surface area contributed by atoms with Gasteiger partial charge in [-0.15, -0.1) is 12.4 Å². The summed E-state index contributed by atoms with van der Waals surface area (Å²) in [6.45, 7) is 9.66. The molecule has 2 N–H and O–H groups in total. The zero-order valence-corrected chi connectivity index (χ0v) is 11.3. The molecule has 1 rings (SSSR count). The molecule has 1 aliphatic heterocycles. The first-order valence-electron chi connectivity index (χ1n) is 5.57. The fourth-order valence-corrected chi connectivity index (χ4v) is 1.74. The van der Waals surface area contributed by atoms with Crippen LogP contribution in [0.15, 0.2) is 0 Å². The minimum atomic E-state index is -0.419. The van der Waals surface area contributed by atoms with E-state index in [2.05, 4.69) is 17.6 Å². The van der Waals surface area contributed by atoms with E-state index in [9.17, 15) is 4.79 Å². The molecule has 0 aromatic rings. The quantitative estimate of drug-likeness (QED) is 0.748. The Morgan fingerprint density at radius 2 is 2.00 bits per heavy atom. The van der Waals surface area contributed by atoms with Crippen LogP contribution in [0, 0.1) is 5.92 Å². The van der Waals surface area contributed by atoms with E-state index in [4.69, 9.17) is 4.74 Å². The van der Waals surface area contributed by atoms with Gasteiger partial charge in [-0.25, -0.2) is 4.79 Å². The summed E-state index contributed by atoms with van der Waals surface area (Å²) in [5.74, 6) is 0.610. The zero-order chi connectivity index (χ0) is 11.5. The van der Waals surface area contributed by atoms with Gasteiger partial charge in [-0.2, -0.15) is 0 Å². The number of carbonyl (C=O) groups excluding carboxylic acids is 1. The highest BCUT2D eigenvalue weighted by atomic mass is 35.5. The van der Waals surface area contributed by atoms with E-state index in [0.29, 0.717) is 5.92 Å². The number of nitrogens with one attached hydrogen (secondary N) is 2. The van der Waals surface area contributed by atoms with Crippen molar-refractivity contribution in [3.8, 4) is 0 Å². The molecule has 1 aliphatic rings. The van der Waals surface area contributed by atoms with Crippen LogP contribution in [0.2, 0.25) is 0 Å². The van der Waals surface area contributed by atoms with Gasteiger partial charge in [-0.1, -0.05) is 6.92 Å². The largest absolute Gasteiger partial charge is 0.444 e. The summed E-state index contributed by atoms with van der Waals surface area (Å²) in [5.41, 5.74) is -0.419. The van der Waals surface area contributed by atoms with Crippen LogP contribution >= 0.6 is 12.4 Å². The Morgan fingerprint density at radius 1 is 1.38 bits per heavy atom. The number of hydrogen-bond acceptors (Lipinski definition) is 3. The van der Waals surface area contributed by atoms with E-state index < -0.39 is 5.60 Å². The SMILES string of the molecule is C[C@@H]1CNC[C@@H](NC(=O)OC(C)(C)C)C1.Cl. The van der Waals surface area contributed by atoms with Crippen molar-refractivity contribution in [2.45, 2.75) is 45.8 Å². The Hall–Kier alpha value is -0.480. The van der Waals surface area contributed by atoms with Gasteiger partial charge < -0.3 is 15.4 Å². The van der Waals surface area contributed by atoms with Crippen LogP contribution < -0.4 is 10.6 Å². The first-order valence-corrected chi connectivity index (χ1v) is 5.57. The summed E-state index contributed by atoms with van der Waals surface area (Å²) in [6, 6.07) is 0.198. The number of carbonyl (C=O) groups is 1. The maximum absolute atomic E-state index is 11.5. The van der Waals surface area contributed by atoms with E-state index >= 15 is 0 Å². The number of hydrogen-bond donors (Lipinski definition) is 2. The minimum Gasteiger partial charge on any atom is -0.444 e. The third-order valence-corrected chi connectivity index (χ3v) is 2.29. The maximum atomic E-state index is 11.5. The van der Waals surface area contributed by atoms with E-state index in [1.165, 1.54) is 0 Å². The molecular formula is C11H23ClN2O2. The molecule has 0 aliphatic carbocycles. The molecule has 0 saturated carbocycles. The van der Waals surface area contributed by atoms with Gasteiger partial charge in [0.15, 0.2) is 0 Å². The number of rotatable bonds is 1. The van der Waals surface area contributed by atoms with E-state index in [1.54, 1.807) is 0 Å². The molecule has 1 heterocycles. The predicted octanol–water partition coefficient (Wildman–Crippen LogP) is 1.93. The molecule has 0 bridgehead atoms. The fourth-order valence-electron chi connectivity index (χ4n) is 1.74. The average molecular weight is 251 g/mol. The second kappa shape index (κ2) is 6.30. The summed E-state index contributed by atoms with van der Waals surface area (Å²) >= 11 is 0. The molecule has 0 radical (unpaired) electrons. The minimum absolute atomic E-state index is 0. The average Bonchev–Trinajstić information content (AvgIpc) is 1.99. The molecule has 16 heavy (non-hydrogen) atoms. The Kier molecular flexibility index (Phi) is 6.11. The molecule has 1 saturated heterocycles. The third-order valence-electron chi connectivity index (χ3n) is 2.29. The first-order chi connectivity index (χ1) is 6.87. The summed E-state index contributed by atoms with van der Waals surface area (Å²) in [4.78, 5) is 11.5. The van der Waals surface area contributed by atoms with Crippen molar-refractivity contribution in [1.29, 1.82) is 0 Å². The molecule has 4 nitrogen and oxygen atoms in total. The lowest BCUT2D eigenvalue weighted by atomic mass is 9.98. The van der Waals surface area contributed by atoms with Crippen LogP contribution in [0.4, 0.5) is 4.79 Å². The highest BCUT2D eigenvalue weighted by Gasteiger charge is 2.23. The van der Waals surface area contributed by atoms with Crippen molar-refractivity contribution in [3.63, 3.8) is 0 Å². The molecule has 1 fully saturated rings. The Morgan fingerprint density at radius 3 is 2.50 bits per heavy atom. The molecule has 1 amide bonds. The van der Waals surface area contributed by atoms with Gasteiger partial charge in [0.25, 0.3) is 0 Å². The van der Waals surface area contributed by atoms with Crippen LogP contribution in [0.1, 0.15) is 34.1 Å². The van der Waals surface area contributed by atoms with Crippen molar-refractivity contribution < 1.29 is 9.53 Å². The van der Waals surface area contributed by atoms with Crippen molar-refractivity contribution in [2.75, 3.05) is 13.1 Å². The van der Waals surface area contributed by atoms with Gasteiger partial charge in [0, 0.05) is 12.6 Å². The topological polar surface area (TPSA) is 50.4 Å². The standard InChI is InChI=1S/C11H22N2O2.ClH/c1-8-5-9(7-12-6-8)13-10(14)15-11(2,3)4;/h8-9,12H,5-7H2,1-4H3,(H,13,14);1H/t8-,9-;/m0./s1. The number of alkyl carbamates (subject to hydrolysis) is 1. The molecule has 96 valence electrons. The molecule has 0 spiro atoms. The van der Waals surface area contributed by atoms with E-state index in [0.717, 1.165) is 19.5 Å². The lowest BCUT2D eigenvalue weighted by molar-refractivity contribution is 0.0491. The zero-order valence-electron chi connectivity index (χ0n) is 10.5. The van der Waals surface area contributed by atoms with Gasteiger partial charge in [-0.3, -0.25) is 0 Å². The molecule has 2 atom stereocenters. The second-order valence-corrected chi connectivity index (χ2v) is 5.34. The smallest absolute Gasteiger partial charge is 0.407 e. The number of ether oxygens (including phenoxy) is 1. The Bertz CT molecular complexity index is 229. The van der Waals surface area contributed by atoms with Gasteiger partial charge in [0.2, 0.25) is 0 Å².